The van der Waals surface area contributed by atoms with Gasteiger partial charge in [0.05, 0.1) is 12.3 Å². The average Bonchev–Trinajstić information content (AvgIpc) is 2.61. The molecule has 0 aliphatic carbocycles. The molecule has 0 saturated carbocycles. The van der Waals surface area contributed by atoms with Crippen LogP contribution in [0.25, 0.3) is 0 Å². The van der Waals surface area contributed by atoms with Crippen LogP contribution in [-0.4, -0.2) is 33.0 Å². The van der Waals surface area contributed by atoms with Crippen LogP contribution in [-0.2, 0) is 20.8 Å². The standard InChI is InChI=1S/C17H18N2O4S2/c1-2-23-16(20)13-18(14-9-5-3-6-10-14)17(24)19(25(21)22)15-11-7-4-8-12-15/h3-12H,2,13H2,1H3,(H,21,22). The number of para-hydroxylation sites is 2. The van der Waals surface area contributed by atoms with Crippen LogP contribution in [0, 0.1) is 0 Å². The molecule has 0 aromatic heterocycles. The number of hydrogen-bond acceptors (Lipinski definition) is 4. The molecule has 8 heteroatoms. The molecule has 132 valence electrons. The van der Waals surface area contributed by atoms with Gasteiger partial charge in [0.15, 0.2) is 5.11 Å². The van der Waals surface area contributed by atoms with Gasteiger partial charge < -0.3 is 9.64 Å². The highest BCUT2D eigenvalue weighted by Crippen LogP contribution is 2.21. The molecule has 1 atom stereocenters. The predicted octanol–water partition coefficient (Wildman–Crippen LogP) is 2.98. The molecule has 25 heavy (non-hydrogen) atoms. The minimum absolute atomic E-state index is 0.0197. The van der Waals surface area contributed by atoms with Crippen molar-refractivity contribution in [1.29, 1.82) is 0 Å². The molecular weight excluding hydrogens is 360 g/mol. The van der Waals surface area contributed by atoms with Gasteiger partial charge in [0.1, 0.15) is 6.54 Å². The molecule has 0 radical (unpaired) electrons. The average molecular weight is 378 g/mol. The van der Waals surface area contributed by atoms with Gasteiger partial charge in [0.25, 0.3) is 11.3 Å². The summed E-state index contributed by atoms with van der Waals surface area (Å²) in [5, 5.41) is 0.0197. The number of anilines is 2. The van der Waals surface area contributed by atoms with Crippen LogP contribution < -0.4 is 9.21 Å². The second-order valence-corrected chi connectivity index (χ2v) is 6.06. The molecular formula is C17H18N2O4S2. The van der Waals surface area contributed by atoms with Gasteiger partial charge in [-0.1, -0.05) is 36.4 Å². The number of carbonyl (C=O) groups is 1. The van der Waals surface area contributed by atoms with E-state index < -0.39 is 17.2 Å². The maximum atomic E-state index is 12.0. The fourth-order valence-corrected chi connectivity index (χ4v) is 3.15. The Labute approximate surface area is 154 Å². The second-order valence-electron chi connectivity index (χ2n) is 4.87. The van der Waals surface area contributed by atoms with Gasteiger partial charge in [-0.2, -0.15) is 0 Å². The lowest BCUT2D eigenvalue weighted by atomic mass is 10.3. The number of nitrogens with zero attached hydrogens (tertiary/aromatic N) is 2. The number of esters is 1. The SMILES string of the molecule is CCOC(=O)CN(C(=S)N(c1ccccc1)S(=O)O)c1ccccc1. The Bertz CT molecular complexity index is 741. The molecule has 0 aliphatic rings. The van der Waals surface area contributed by atoms with Crippen LogP contribution in [0.3, 0.4) is 0 Å². The van der Waals surface area contributed by atoms with Crippen molar-refractivity contribution in [3.05, 3.63) is 60.7 Å². The van der Waals surface area contributed by atoms with E-state index in [1.165, 1.54) is 4.90 Å². The monoisotopic (exact) mass is 378 g/mol. The Kier molecular flexibility index (Phi) is 7.05. The first-order valence-electron chi connectivity index (χ1n) is 7.53. The summed E-state index contributed by atoms with van der Waals surface area (Å²) in [7, 11) is 0. The molecule has 0 amide bonds. The summed E-state index contributed by atoms with van der Waals surface area (Å²) in [6.07, 6.45) is 0. The van der Waals surface area contributed by atoms with Crippen molar-refractivity contribution in [3.8, 4) is 0 Å². The highest BCUT2D eigenvalue weighted by atomic mass is 32.2. The third-order valence-corrected chi connectivity index (χ3v) is 4.43. The number of carbonyl (C=O) groups excluding carboxylic acids is 1. The van der Waals surface area contributed by atoms with Gasteiger partial charge in [-0.25, -0.2) is 8.51 Å². The normalized spacial score (nSPS) is 11.4. The molecule has 1 N–H and O–H groups in total. The number of benzene rings is 2. The van der Waals surface area contributed by atoms with E-state index in [1.54, 1.807) is 61.5 Å². The molecule has 0 aliphatic heterocycles. The first kappa shape index (κ1) is 19.0. The third-order valence-electron chi connectivity index (χ3n) is 3.21. The molecule has 1 unspecified atom stereocenters. The van der Waals surface area contributed by atoms with Crippen molar-refractivity contribution < 1.29 is 18.3 Å². The molecule has 2 aromatic rings. The molecule has 0 bridgehead atoms. The summed E-state index contributed by atoms with van der Waals surface area (Å²) in [5.41, 5.74) is 1.06. The molecule has 0 saturated heterocycles. The third kappa shape index (κ3) is 5.09. The molecule has 2 aromatic carbocycles. The topological polar surface area (TPSA) is 70.1 Å². The lowest BCUT2D eigenvalue weighted by Crippen LogP contribution is -2.46. The number of ether oxygens (including phenoxy) is 1. The fourth-order valence-electron chi connectivity index (χ4n) is 2.15. The van der Waals surface area contributed by atoms with Crippen LogP contribution in [0.4, 0.5) is 11.4 Å². The van der Waals surface area contributed by atoms with Crippen LogP contribution in [0.2, 0.25) is 0 Å². The first-order chi connectivity index (χ1) is 12.0. The van der Waals surface area contributed by atoms with Crippen molar-refractivity contribution in [1.82, 2.24) is 0 Å². The summed E-state index contributed by atoms with van der Waals surface area (Å²) in [6.45, 7) is 1.78. The molecule has 6 nitrogen and oxygen atoms in total. The van der Waals surface area contributed by atoms with E-state index in [0.29, 0.717) is 11.4 Å². The highest BCUT2D eigenvalue weighted by Gasteiger charge is 2.26. The Hall–Kier alpha value is -2.29. The van der Waals surface area contributed by atoms with Crippen molar-refractivity contribution in [2.24, 2.45) is 0 Å². The van der Waals surface area contributed by atoms with Crippen LogP contribution >= 0.6 is 12.2 Å². The highest BCUT2D eigenvalue weighted by molar-refractivity contribution is 7.87. The first-order valence-corrected chi connectivity index (χ1v) is 9.00. The van der Waals surface area contributed by atoms with Gasteiger partial charge >= 0.3 is 5.97 Å². The minimum Gasteiger partial charge on any atom is -0.465 e. The Morgan fingerprint density at radius 1 is 1.08 bits per heavy atom. The van der Waals surface area contributed by atoms with Crippen LogP contribution in [0.5, 0.6) is 0 Å². The maximum Gasteiger partial charge on any atom is 0.326 e. The van der Waals surface area contributed by atoms with Gasteiger partial charge in [0.2, 0.25) is 0 Å². The van der Waals surface area contributed by atoms with E-state index in [1.807, 2.05) is 6.07 Å². The zero-order valence-electron chi connectivity index (χ0n) is 13.6. The van der Waals surface area contributed by atoms with Crippen LogP contribution in [0.15, 0.2) is 60.7 Å². The zero-order chi connectivity index (χ0) is 18.2. The molecule has 0 spiro atoms. The Morgan fingerprint density at radius 2 is 1.60 bits per heavy atom. The van der Waals surface area contributed by atoms with E-state index in [2.05, 4.69) is 0 Å². The largest absolute Gasteiger partial charge is 0.465 e. The van der Waals surface area contributed by atoms with Crippen molar-refractivity contribution in [3.63, 3.8) is 0 Å². The Morgan fingerprint density at radius 3 is 2.08 bits per heavy atom. The maximum absolute atomic E-state index is 12.0. The van der Waals surface area contributed by atoms with Gasteiger partial charge in [0, 0.05) is 5.69 Å². The molecule has 2 rings (SSSR count). The van der Waals surface area contributed by atoms with Crippen molar-refractivity contribution in [2.45, 2.75) is 6.92 Å². The van der Waals surface area contributed by atoms with Crippen molar-refractivity contribution in [2.75, 3.05) is 22.4 Å². The summed E-state index contributed by atoms with van der Waals surface area (Å²) in [4.78, 5) is 13.4. The summed E-state index contributed by atoms with van der Waals surface area (Å²) >= 11 is 3.03. The predicted molar refractivity (Wildman–Crippen MR) is 103 cm³/mol. The minimum atomic E-state index is -2.40. The van der Waals surface area contributed by atoms with E-state index >= 15 is 0 Å². The van der Waals surface area contributed by atoms with Gasteiger partial charge in [-0.3, -0.25) is 9.35 Å². The number of hydrogen-bond donors (Lipinski definition) is 1. The van der Waals surface area contributed by atoms with Gasteiger partial charge in [-0.05, 0) is 43.4 Å². The second kappa shape index (κ2) is 9.26. The lowest BCUT2D eigenvalue weighted by Gasteiger charge is -2.30. The zero-order valence-corrected chi connectivity index (χ0v) is 15.2. The number of thiocarbonyl (C=S) groups is 1. The smallest absolute Gasteiger partial charge is 0.326 e. The lowest BCUT2D eigenvalue weighted by molar-refractivity contribution is -0.141. The fraction of sp³-hybridized carbons (Fsp3) is 0.176. The van der Waals surface area contributed by atoms with E-state index in [9.17, 15) is 13.6 Å². The van der Waals surface area contributed by atoms with E-state index in [4.69, 9.17) is 17.0 Å². The van der Waals surface area contributed by atoms with E-state index in [-0.39, 0.29) is 18.3 Å². The van der Waals surface area contributed by atoms with E-state index in [0.717, 1.165) is 4.31 Å². The molecule has 0 fully saturated rings. The summed E-state index contributed by atoms with van der Waals surface area (Å²) in [5.74, 6) is -0.481. The van der Waals surface area contributed by atoms with Crippen molar-refractivity contribution >= 4 is 45.9 Å². The Balaban J connectivity index is 2.39. The summed E-state index contributed by atoms with van der Waals surface area (Å²) < 4.78 is 27.7. The van der Waals surface area contributed by atoms with Crippen LogP contribution in [0.1, 0.15) is 6.92 Å². The molecule has 0 heterocycles. The van der Waals surface area contributed by atoms with Gasteiger partial charge in [-0.15, -0.1) is 0 Å². The summed E-state index contributed by atoms with van der Waals surface area (Å²) in [6, 6.07) is 17.5. The quantitative estimate of drug-likeness (QED) is 0.473. The number of rotatable bonds is 6.